The summed E-state index contributed by atoms with van der Waals surface area (Å²) in [4.78, 5) is 21.6. The van der Waals surface area contributed by atoms with E-state index in [1.807, 2.05) is 70.2 Å². The second-order valence-electron chi connectivity index (χ2n) is 9.92. The minimum absolute atomic E-state index is 0.0964. The number of dihydropyridines is 1. The number of ether oxygens (including phenoxy) is 2. The van der Waals surface area contributed by atoms with Crippen LogP contribution in [0.2, 0.25) is 0 Å². The van der Waals surface area contributed by atoms with Gasteiger partial charge in [-0.2, -0.15) is 0 Å². The molecule has 0 aliphatic carbocycles. The number of rotatable bonds is 5. The average Bonchev–Trinajstić information content (AvgIpc) is 3.33. The molecule has 0 saturated heterocycles. The molecule has 2 aliphatic heterocycles. The number of benzene rings is 2. The molecule has 0 bridgehead atoms. The zero-order valence-corrected chi connectivity index (χ0v) is 21.0. The van der Waals surface area contributed by atoms with Gasteiger partial charge in [0.15, 0.2) is 22.9 Å². The smallest absolute Gasteiger partial charge is 0.223 e. The van der Waals surface area contributed by atoms with Gasteiger partial charge in [-0.25, -0.2) is 24.3 Å². The summed E-state index contributed by atoms with van der Waals surface area (Å²) >= 11 is 0. The number of fused-ring (bicyclic) bond motifs is 3. The van der Waals surface area contributed by atoms with Gasteiger partial charge in [0.2, 0.25) is 5.90 Å². The largest absolute Gasteiger partial charge is 0.491 e. The fraction of sp³-hybridized carbons (Fsp3) is 0.241. The SMILES string of the molecule is CC(C)Oc1ccc([C@@H]2C=CC3=C(C(C)(C)c4nc5nccnc5[nH]4)c4cccc(F)c4OC3=N2)cc1. The van der Waals surface area contributed by atoms with E-state index in [0.29, 0.717) is 28.6 Å². The van der Waals surface area contributed by atoms with E-state index in [1.54, 1.807) is 18.5 Å². The van der Waals surface area contributed by atoms with Gasteiger partial charge in [-0.1, -0.05) is 36.4 Å². The Morgan fingerprint density at radius 1 is 1.05 bits per heavy atom. The summed E-state index contributed by atoms with van der Waals surface area (Å²) in [6.45, 7) is 8.06. The number of H-pyrrole nitrogens is 1. The Bertz CT molecular complexity index is 1570. The first-order valence-corrected chi connectivity index (χ1v) is 12.2. The topological polar surface area (TPSA) is 85.3 Å². The van der Waals surface area contributed by atoms with Gasteiger partial charge in [-0.3, -0.25) is 0 Å². The molecule has 0 fully saturated rings. The van der Waals surface area contributed by atoms with Crippen molar-refractivity contribution in [2.24, 2.45) is 4.99 Å². The summed E-state index contributed by atoms with van der Waals surface area (Å²) in [5.74, 6) is 1.57. The minimum atomic E-state index is -0.669. The Morgan fingerprint density at radius 2 is 1.84 bits per heavy atom. The molecule has 2 aromatic carbocycles. The molecule has 0 spiro atoms. The number of para-hydroxylation sites is 1. The third-order valence-corrected chi connectivity index (χ3v) is 6.58. The number of allylic oxidation sites excluding steroid dienone is 1. The summed E-state index contributed by atoms with van der Waals surface area (Å²) in [6, 6.07) is 12.5. The zero-order chi connectivity index (χ0) is 25.7. The van der Waals surface area contributed by atoms with Crippen LogP contribution < -0.4 is 9.47 Å². The van der Waals surface area contributed by atoms with Gasteiger partial charge in [0.05, 0.1) is 12.1 Å². The number of aromatic amines is 1. The van der Waals surface area contributed by atoms with E-state index in [4.69, 9.17) is 19.5 Å². The van der Waals surface area contributed by atoms with E-state index in [9.17, 15) is 0 Å². The predicted octanol–water partition coefficient (Wildman–Crippen LogP) is 6.11. The second kappa shape index (κ2) is 8.65. The fourth-order valence-electron chi connectivity index (χ4n) is 4.86. The van der Waals surface area contributed by atoms with E-state index in [1.165, 1.54) is 6.07 Å². The standard InChI is InChI=1S/C29H26FN5O2/c1-16(2)36-18-10-8-17(9-11-18)22-13-12-20-23(19-6-5-7-21(30)24(19)37-27(20)33-22)29(3,4)28-34-25-26(35-28)32-15-14-31-25/h5-16,22H,1-4H3,(H,31,32,34,35)/t22-/m0/s1. The number of hydrogen-bond donors (Lipinski definition) is 1. The molecule has 0 unspecified atom stereocenters. The van der Waals surface area contributed by atoms with Crippen molar-refractivity contribution in [1.29, 1.82) is 0 Å². The Kier molecular flexibility index (Phi) is 5.40. The maximum absolute atomic E-state index is 15.1. The third-order valence-electron chi connectivity index (χ3n) is 6.58. The van der Waals surface area contributed by atoms with Gasteiger partial charge in [-0.15, -0.1) is 0 Å². The van der Waals surface area contributed by atoms with Gasteiger partial charge >= 0.3 is 0 Å². The van der Waals surface area contributed by atoms with E-state index >= 15 is 4.39 Å². The van der Waals surface area contributed by atoms with Crippen LogP contribution >= 0.6 is 0 Å². The van der Waals surface area contributed by atoms with Gasteiger partial charge in [0, 0.05) is 28.9 Å². The van der Waals surface area contributed by atoms with Crippen molar-refractivity contribution < 1.29 is 13.9 Å². The molecule has 186 valence electrons. The highest BCUT2D eigenvalue weighted by atomic mass is 19.1. The van der Waals surface area contributed by atoms with Crippen LogP contribution in [-0.4, -0.2) is 31.9 Å². The van der Waals surface area contributed by atoms with Crippen molar-refractivity contribution in [2.45, 2.75) is 45.3 Å². The lowest BCUT2D eigenvalue weighted by atomic mass is 9.75. The molecule has 0 saturated carbocycles. The fourth-order valence-corrected chi connectivity index (χ4v) is 4.86. The summed E-state index contributed by atoms with van der Waals surface area (Å²) in [7, 11) is 0. The quantitative estimate of drug-likeness (QED) is 0.361. The van der Waals surface area contributed by atoms with E-state index in [-0.39, 0.29) is 17.9 Å². The third kappa shape index (κ3) is 3.98. The number of imidazole rings is 1. The van der Waals surface area contributed by atoms with Crippen molar-refractivity contribution in [3.63, 3.8) is 0 Å². The highest BCUT2D eigenvalue weighted by Crippen LogP contribution is 2.48. The zero-order valence-electron chi connectivity index (χ0n) is 21.0. The molecule has 0 amide bonds. The predicted molar refractivity (Wildman–Crippen MR) is 140 cm³/mol. The van der Waals surface area contributed by atoms with Crippen molar-refractivity contribution in [3.05, 3.63) is 95.4 Å². The molecule has 8 heteroatoms. The van der Waals surface area contributed by atoms with Crippen molar-refractivity contribution in [2.75, 3.05) is 0 Å². The van der Waals surface area contributed by atoms with Crippen LogP contribution in [0.15, 0.2) is 77.6 Å². The Balaban J connectivity index is 1.46. The first-order chi connectivity index (χ1) is 17.8. The molecule has 4 aromatic rings. The lowest BCUT2D eigenvalue weighted by molar-refractivity contribution is 0.242. The van der Waals surface area contributed by atoms with Crippen LogP contribution in [0.4, 0.5) is 4.39 Å². The highest BCUT2D eigenvalue weighted by Gasteiger charge is 2.40. The minimum Gasteiger partial charge on any atom is -0.491 e. The molecular formula is C29H26FN5O2. The van der Waals surface area contributed by atoms with Gasteiger partial charge in [-0.05, 0) is 57.0 Å². The number of aromatic nitrogens is 4. The summed E-state index contributed by atoms with van der Waals surface area (Å²) in [6.07, 6.45) is 7.36. The summed E-state index contributed by atoms with van der Waals surface area (Å²) < 4.78 is 26.9. The average molecular weight is 496 g/mol. The van der Waals surface area contributed by atoms with Gasteiger partial charge in [0.25, 0.3) is 0 Å². The molecule has 1 atom stereocenters. The molecule has 2 aliphatic rings. The molecular weight excluding hydrogens is 469 g/mol. The maximum atomic E-state index is 15.1. The van der Waals surface area contributed by atoms with Crippen molar-refractivity contribution in [1.82, 2.24) is 19.9 Å². The van der Waals surface area contributed by atoms with Gasteiger partial charge in [0.1, 0.15) is 11.6 Å². The van der Waals surface area contributed by atoms with Crippen molar-refractivity contribution in [3.8, 4) is 11.5 Å². The first-order valence-electron chi connectivity index (χ1n) is 12.2. The Labute approximate surface area is 213 Å². The molecule has 6 rings (SSSR count). The van der Waals surface area contributed by atoms with E-state index in [2.05, 4.69) is 15.0 Å². The normalized spacial score (nSPS) is 16.9. The molecule has 7 nitrogen and oxygen atoms in total. The first kappa shape index (κ1) is 23.1. The van der Waals surface area contributed by atoms with E-state index < -0.39 is 11.2 Å². The Morgan fingerprint density at radius 3 is 2.59 bits per heavy atom. The lowest BCUT2D eigenvalue weighted by Crippen LogP contribution is -2.30. The van der Waals surface area contributed by atoms with Crippen LogP contribution in [0, 0.1) is 5.82 Å². The van der Waals surface area contributed by atoms with Crippen LogP contribution in [-0.2, 0) is 5.41 Å². The monoisotopic (exact) mass is 495 g/mol. The molecule has 4 heterocycles. The lowest BCUT2D eigenvalue weighted by Gasteiger charge is -2.34. The Hall–Kier alpha value is -4.33. The number of nitrogens with one attached hydrogen (secondary N) is 1. The van der Waals surface area contributed by atoms with Crippen LogP contribution in [0.5, 0.6) is 11.5 Å². The van der Waals surface area contributed by atoms with Crippen LogP contribution in [0.3, 0.4) is 0 Å². The highest BCUT2D eigenvalue weighted by molar-refractivity contribution is 6.10. The second-order valence-corrected chi connectivity index (χ2v) is 9.92. The van der Waals surface area contributed by atoms with Crippen LogP contribution in [0.1, 0.15) is 50.7 Å². The number of hydrogen-bond acceptors (Lipinski definition) is 6. The van der Waals surface area contributed by atoms with Gasteiger partial charge < -0.3 is 14.5 Å². The summed E-state index contributed by atoms with van der Waals surface area (Å²) in [5.41, 5.74) is 3.76. The summed E-state index contributed by atoms with van der Waals surface area (Å²) in [5, 5.41) is 0. The molecule has 0 radical (unpaired) electrons. The number of halogens is 1. The molecule has 37 heavy (non-hydrogen) atoms. The van der Waals surface area contributed by atoms with Crippen LogP contribution in [0.25, 0.3) is 16.9 Å². The number of nitrogens with zero attached hydrogens (tertiary/aromatic N) is 4. The molecule has 2 aromatic heterocycles. The maximum Gasteiger partial charge on any atom is 0.223 e. The van der Waals surface area contributed by atoms with E-state index in [0.717, 1.165) is 22.5 Å². The van der Waals surface area contributed by atoms with Crippen molar-refractivity contribution >= 4 is 22.8 Å². The molecule has 1 N–H and O–H groups in total. The number of aliphatic imine (C=N–C) groups is 1.